The Balaban J connectivity index is 2.19. The van der Waals surface area contributed by atoms with Crippen molar-refractivity contribution >= 4 is 33.4 Å². The van der Waals surface area contributed by atoms with Crippen LogP contribution < -0.4 is 5.32 Å². The van der Waals surface area contributed by atoms with Crippen molar-refractivity contribution in [2.24, 2.45) is 5.92 Å². The molecule has 0 spiro atoms. The number of fused-ring (bicyclic) bond motifs is 1. The van der Waals surface area contributed by atoms with E-state index in [4.69, 9.17) is 0 Å². The summed E-state index contributed by atoms with van der Waals surface area (Å²) in [6, 6.07) is 4.29. The number of carbonyl (C=O) groups is 2. The van der Waals surface area contributed by atoms with Gasteiger partial charge in [0, 0.05) is 5.56 Å². The second-order valence-electron chi connectivity index (χ2n) is 4.71. The van der Waals surface area contributed by atoms with Gasteiger partial charge >= 0.3 is 5.97 Å². The average Bonchev–Trinajstić information content (AvgIpc) is 2.90. The summed E-state index contributed by atoms with van der Waals surface area (Å²) < 4.78 is 0.910. The van der Waals surface area contributed by atoms with Crippen molar-refractivity contribution in [3.05, 3.63) is 29.3 Å². The lowest BCUT2D eigenvalue weighted by Crippen LogP contribution is -2.45. The van der Waals surface area contributed by atoms with Crippen LogP contribution in [0.5, 0.6) is 0 Å². The van der Waals surface area contributed by atoms with Gasteiger partial charge in [0.25, 0.3) is 5.91 Å². The Hall–Kier alpha value is -1.95. The van der Waals surface area contributed by atoms with E-state index in [0.717, 1.165) is 10.2 Å². The van der Waals surface area contributed by atoms with E-state index in [1.165, 1.54) is 11.3 Å². The number of hydrogen-bond acceptors (Lipinski definition) is 4. The monoisotopic (exact) mass is 292 g/mol. The number of rotatable bonds is 5. The largest absolute Gasteiger partial charge is 0.480 e. The highest BCUT2D eigenvalue weighted by Crippen LogP contribution is 2.19. The van der Waals surface area contributed by atoms with Crippen molar-refractivity contribution in [1.82, 2.24) is 10.3 Å². The molecule has 0 aliphatic rings. The van der Waals surface area contributed by atoms with E-state index in [2.05, 4.69) is 10.3 Å². The second kappa shape index (κ2) is 6.00. The minimum Gasteiger partial charge on any atom is -0.480 e. The standard InChI is InChI=1S/C14H16N2O3S/c1-3-8(2)12(14(18)19)16-13(17)9-4-5-10-11(6-9)20-7-15-10/h4-8,12H,3H2,1-2H3,(H,16,17)(H,18,19)/t8?,12-/m0/s1. The highest BCUT2D eigenvalue weighted by Gasteiger charge is 2.25. The van der Waals surface area contributed by atoms with E-state index in [1.54, 1.807) is 23.7 Å². The Labute approximate surface area is 120 Å². The summed E-state index contributed by atoms with van der Waals surface area (Å²) in [6.07, 6.45) is 0.686. The summed E-state index contributed by atoms with van der Waals surface area (Å²) in [7, 11) is 0. The first-order valence-electron chi connectivity index (χ1n) is 6.39. The van der Waals surface area contributed by atoms with Gasteiger partial charge in [-0.15, -0.1) is 11.3 Å². The molecule has 0 saturated heterocycles. The van der Waals surface area contributed by atoms with Gasteiger partial charge in [-0.3, -0.25) is 4.79 Å². The fourth-order valence-corrected chi connectivity index (χ4v) is 2.62. The lowest BCUT2D eigenvalue weighted by Gasteiger charge is -2.20. The van der Waals surface area contributed by atoms with Gasteiger partial charge in [0.15, 0.2) is 0 Å². The molecule has 1 unspecified atom stereocenters. The predicted octanol–water partition coefficient (Wildman–Crippen LogP) is 2.53. The lowest BCUT2D eigenvalue weighted by atomic mass is 9.99. The van der Waals surface area contributed by atoms with E-state index >= 15 is 0 Å². The second-order valence-corrected chi connectivity index (χ2v) is 5.60. The van der Waals surface area contributed by atoms with E-state index in [-0.39, 0.29) is 11.8 Å². The predicted molar refractivity (Wildman–Crippen MR) is 78.0 cm³/mol. The highest BCUT2D eigenvalue weighted by molar-refractivity contribution is 7.16. The van der Waals surface area contributed by atoms with Crippen molar-refractivity contribution in [2.75, 3.05) is 0 Å². The number of benzene rings is 1. The van der Waals surface area contributed by atoms with Crippen LogP contribution in [0.25, 0.3) is 10.2 Å². The fourth-order valence-electron chi connectivity index (χ4n) is 1.90. The topological polar surface area (TPSA) is 79.3 Å². The Kier molecular flexibility index (Phi) is 4.34. The van der Waals surface area contributed by atoms with Crippen LogP contribution in [0.3, 0.4) is 0 Å². The third-order valence-electron chi connectivity index (χ3n) is 3.36. The third kappa shape index (κ3) is 2.96. The quantitative estimate of drug-likeness (QED) is 0.887. The molecule has 6 heteroatoms. The average molecular weight is 292 g/mol. The van der Waals surface area contributed by atoms with Gasteiger partial charge in [0.2, 0.25) is 0 Å². The maximum absolute atomic E-state index is 12.2. The molecule has 20 heavy (non-hydrogen) atoms. The molecule has 1 aromatic carbocycles. The van der Waals surface area contributed by atoms with Crippen molar-refractivity contribution in [3.63, 3.8) is 0 Å². The zero-order valence-electron chi connectivity index (χ0n) is 11.3. The molecule has 1 heterocycles. The number of aliphatic carboxylic acids is 1. The Morgan fingerprint density at radius 3 is 2.85 bits per heavy atom. The van der Waals surface area contributed by atoms with Crippen molar-refractivity contribution in [2.45, 2.75) is 26.3 Å². The molecule has 0 bridgehead atoms. The van der Waals surface area contributed by atoms with E-state index in [0.29, 0.717) is 12.0 Å². The SMILES string of the molecule is CCC(C)[C@H](NC(=O)c1ccc2ncsc2c1)C(=O)O. The van der Waals surface area contributed by atoms with Crippen LogP contribution in [0.15, 0.2) is 23.7 Å². The lowest BCUT2D eigenvalue weighted by molar-refractivity contribution is -0.140. The van der Waals surface area contributed by atoms with Crippen molar-refractivity contribution < 1.29 is 14.7 Å². The normalized spacial score (nSPS) is 13.9. The third-order valence-corrected chi connectivity index (χ3v) is 4.15. The van der Waals surface area contributed by atoms with Crippen LogP contribution in [0, 0.1) is 5.92 Å². The van der Waals surface area contributed by atoms with Gasteiger partial charge in [-0.2, -0.15) is 0 Å². The van der Waals surface area contributed by atoms with Gasteiger partial charge < -0.3 is 10.4 Å². The first-order chi connectivity index (χ1) is 9.52. The Morgan fingerprint density at radius 1 is 1.45 bits per heavy atom. The zero-order chi connectivity index (χ0) is 14.7. The van der Waals surface area contributed by atoms with Crippen LogP contribution in [0.1, 0.15) is 30.6 Å². The van der Waals surface area contributed by atoms with Crippen LogP contribution in [0.4, 0.5) is 0 Å². The molecule has 5 nitrogen and oxygen atoms in total. The number of carboxylic acids is 1. The molecule has 0 aliphatic carbocycles. The van der Waals surface area contributed by atoms with E-state index in [9.17, 15) is 14.7 Å². The number of nitrogens with zero attached hydrogens (tertiary/aromatic N) is 1. The van der Waals surface area contributed by atoms with Crippen LogP contribution in [-0.4, -0.2) is 28.0 Å². The number of carboxylic acid groups (broad SMARTS) is 1. The summed E-state index contributed by atoms with van der Waals surface area (Å²) in [5.74, 6) is -1.50. The Bertz CT molecular complexity index is 638. The molecule has 2 rings (SSSR count). The maximum Gasteiger partial charge on any atom is 0.326 e. The number of thiazole rings is 1. The minimum atomic E-state index is -1.01. The molecule has 0 saturated carbocycles. The van der Waals surface area contributed by atoms with Gasteiger partial charge in [-0.1, -0.05) is 20.3 Å². The highest BCUT2D eigenvalue weighted by atomic mass is 32.1. The molecule has 1 aromatic heterocycles. The smallest absolute Gasteiger partial charge is 0.326 e. The molecule has 1 amide bonds. The summed E-state index contributed by atoms with van der Waals surface area (Å²) in [6.45, 7) is 3.71. The summed E-state index contributed by atoms with van der Waals surface area (Å²) in [5, 5.41) is 11.8. The number of hydrogen-bond donors (Lipinski definition) is 2. The minimum absolute atomic E-state index is 0.122. The number of aromatic nitrogens is 1. The molecule has 0 fully saturated rings. The van der Waals surface area contributed by atoms with Gasteiger partial charge in [-0.05, 0) is 24.1 Å². The number of nitrogens with one attached hydrogen (secondary N) is 1. The number of carbonyl (C=O) groups excluding carboxylic acids is 1. The van der Waals surface area contributed by atoms with Gasteiger partial charge in [0.1, 0.15) is 6.04 Å². The van der Waals surface area contributed by atoms with Crippen LogP contribution in [0.2, 0.25) is 0 Å². The molecular weight excluding hydrogens is 276 g/mol. The van der Waals surface area contributed by atoms with Crippen LogP contribution >= 0.6 is 11.3 Å². The molecule has 2 aromatic rings. The zero-order valence-corrected chi connectivity index (χ0v) is 12.1. The summed E-state index contributed by atoms with van der Waals surface area (Å²) in [4.78, 5) is 27.5. The molecule has 2 atom stereocenters. The molecule has 106 valence electrons. The summed E-state index contributed by atoms with van der Waals surface area (Å²) in [5.41, 5.74) is 3.01. The van der Waals surface area contributed by atoms with E-state index < -0.39 is 12.0 Å². The summed E-state index contributed by atoms with van der Waals surface area (Å²) >= 11 is 1.45. The van der Waals surface area contributed by atoms with E-state index in [1.807, 2.05) is 13.8 Å². The van der Waals surface area contributed by atoms with Crippen LogP contribution in [-0.2, 0) is 4.79 Å². The van der Waals surface area contributed by atoms with Gasteiger partial charge in [-0.25, -0.2) is 9.78 Å². The maximum atomic E-state index is 12.2. The molecule has 0 radical (unpaired) electrons. The molecule has 0 aliphatic heterocycles. The number of amides is 1. The molecule has 2 N–H and O–H groups in total. The van der Waals surface area contributed by atoms with Crippen molar-refractivity contribution in [1.29, 1.82) is 0 Å². The first-order valence-corrected chi connectivity index (χ1v) is 7.27. The Morgan fingerprint density at radius 2 is 2.20 bits per heavy atom. The first kappa shape index (κ1) is 14.5. The van der Waals surface area contributed by atoms with Gasteiger partial charge in [0.05, 0.1) is 15.7 Å². The fraction of sp³-hybridized carbons (Fsp3) is 0.357. The van der Waals surface area contributed by atoms with Crippen molar-refractivity contribution in [3.8, 4) is 0 Å². The molecular formula is C14H16N2O3S.